The Morgan fingerprint density at radius 1 is 1.19 bits per heavy atom. The quantitative estimate of drug-likeness (QED) is 0.648. The largest absolute Gasteiger partial charge is 0.312 e. The fourth-order valence-corrected chi connectivity index (χ4v) is 2.29. The molecule has 1 unspecified atom stereocenters. The minimum Gasteiger partial charge on any atom is -0.312 e. The van der Waals surface area contributed by atoms with E-state index in [1.807, 2.05) is 24.3 Å². The summed E-state index contributed by atoms with van der Waals surface area (Å²) in [4.78, 5) is 10.6. The number of rotatable bonds is 6. The summed E-state index contributed by atoms with van der Waals surface area (Å²) in [7, 11) is 0. The van der Waals surface area contributed by atoms with Gasteiger partial charge in [-0.25, -0.2) is 0 Å². The van der Waals surface area contributed by atoms with Crippen LogP contribution in [-0.2, 0) is 6.54 Å². The van der Waals surface area contributed by atoms with Crippen LogP contribution >= 0.6 is 0 Å². The maximum Gasteiger partial charge on any atom is 0.272 e. The zero-order valence-corrected chi connectivity index (χ0v) is 12.4. The number of benzene rings is 2. The molecule has 0 aromatic heterocycles. The van der Waals surface area contributed by atoms with Crippen LogP contribution in [0, 0.1) is 17.0 Å². The second kappa shape index (κ2) is 6.99. The van der Waals surface area contributed by atoms with Gasteiger partial charge in [0.1, 0.15) is 0 Å². The van der Waals surface area contributed by atoms with E-state index in [4.69, 9.17) is 0 Å². The first-order chi connectivity index (χ1) is 10.1. The minimum atomic E-state index is -0.328. The molecule has 1 atom stereocenters. The van der Waals surface area contributed by atoms with Crippen LogP contribution in [0.2, 0.25) is 0 Å². The van der Waals surface area contributed by atoms with E-state index < -0.39 is 0 Å². The lowest BCUT2D eigenvalue weighted by Gasteiger charge is -2.13. The molecule has 1 N–H and O–H groups in total. The van der Waals surface area contributed by atoms with E-state index in [2.05, 4.69) is 24.4 Å². The van der Waals surface area contributed by atoms with Gasteiger partial charge in [0.15, 0.2) is 0 Å². The maximum atomic E-state index is 10.9. The fourth-order valence-electron chi connectivity index (χ4n) is 2.29. The van der Waals surface area contributed by atoms with Crippen molar-refractivity contribution in [1.29, 1.82) is 0 Å². The summed E-state index contributed by atoms with van der Waals surface area (Å²) >= 11 is 0. The van der Waals surface area contributed by atoms with Gasteiger partial charge in [-0.3, -0.25) is 10.1 Å². The first-order valence-electron chi connectivity index (χ1n) is 7.07. The minimum absolute atomic E-state index is 0.186. The van der Waals surface area contributed by atoms with E-state index in [1.165, 1.54) is 5.56 Å². The van der Waals surface area contributed by atoms with E-state index in [0.717, 1.165) is 12.1 Å². The Labute approximate surface area is 125 Å². The van der Waals surface area contributed by atoms with Gasteiger partial charge in [-0.1, -0.05) is 49.4 Å². The van der Waals surface area contributed by atoms with Gasteiger partial charge in [0.05, 0.1) is 4.92 Å². The van der Waals surface area contributed by atoms with Crippen molar-refractivity contribution >= 4 is 5.69 Å². The smallest absolute Gasteiger partial charge is 0.272 e. The Balaban J connectivity index is 1.92. The van der Waals surface area contributed by atoms with Crippen molar-refractivity contribution in [3.63, 3.8) is 0 Å². The summed E-state index contributed by atoms with van der Waals surface area (Å²) in [5.74, 6) is 0.409. The van der Waals surface area contributed by atoms with E-state index in [9.17, 15) is 10.1 Å². The molecule has 0 heterocycles. The molecule has 2 aromatic carbocycles. The van der Waals surface area contributed by atoms with Crippen LogP contribution in [-0.4, -0.2) is 11.5 Å². The first kappa shape index (κ1) is 15.2. The highest BCUT2D eigenvalue weighted by molar-refractivity contribution is 5.42. The lowest BCUT2D eigenvalue weighted by molar-refractivity contribution is -0.385. The lowest BCUT2D eigenvalue weighted by atomic mass is 10.0. The molecule has 4 heteroatoms. The summed E-state index contributed by atoms with van der Waals surface area (Å²) in [5.41, 5.74) is 3.11. The lowest BCUT2D eigenvalue weighted by Crippen LogP contribution is -2.19. The number of nitro groups is 1. The molecule has 0 saturated carbocycles. The first-order valence-corrected chi connectivity index (χ1v) is 7.07. The van der Waals surface area contributed by atoms with Crippen LogP contribution < -0.4 is 5.32 Å². The SMILES string of the molecule is Cc1ccc(CNCC(C)c2ccccc2)cc1[N+](=O)[O-]. The highest BCUT2D eigenvalue weighted by Crippen LogP contribution is 2.19. The van der Waals surface area contributed by atoms with Crippen LogP contribution in [0.15, 0.2) is 48.5 Å². The number of hydrogen-bond acceptors (Lipinski definition) is 3. The monoisotopic (exact) mass is 284 g/mol. The van der Waals surface area contributed by atoms with Gasteiger partial charge < -0.3 is 5.32 Å². The third-order valence-corrected chi connectivity index (χ3v) is 3.62. The predicted molar refractivity (Wildman–Crippen MR) is 84.4 cm³/mol. The maximum absolute atomic E-state index is 10.9. The summed E-state index contributed by atoms with van der Waals surface area (Å²) < 4.78 is 0. The Bertz CT molecular complexity index is 611. The molecule has 21 heavy (non-hydrogen) atoms. The summed E-state index contributed by atoms with van der Waals surface area (Å²) in [6.45, 7) is 5.40. The highest BCUT2D eigenvalue weighted by atomic mass is 16.6. The number of nitrogens with zero attached hydrogens (tertiary/aromatic N) is 1. The van der Waals surface area contributed by atoms with Gasteiger partial charge in [0.25, 0.3) is 5.69 Å². The molecule has 0 aliphatic carbocycles. The zero-order valence-electron chi connectivity index (χ0n) is 12.4. The molecule has 2 rings (SSSR count). The van der Waals surface area contributed by atoms with Crippen LogP contribution in [0.1, 0.15) is 29.5 Å². The Hall–Kier alpha value is -2.20. The van der Waals surface area contributed by atoms with E-state index in [1.54, 1.807) is 19.1 Å². The second-order valence-electron chi connectivity index (χ2n) is 5.32. The molecule has 4 nitrogen and oxygen atoms in total. The van der Waals surface area contributed by atoms with Crippen LogP contribution in [0.4, 0.5) is 5.69 Å². The van der Waals surface area contributed by atoms with Crippen molar-refractivity contribution in [2.24, 2.45) is 0 Å². The average molecular weight is 284 g/mol. The van der Waals surface area contributed by atoms with Gasteiger partial charge >= 0.3 is 0 Å². The molecule has 2 aromatic rings. The van der Waals surface area contributed by atoms with Crippen molar-refractivity contribution in [2.45, 2.75) is 26.3 Å². The summed E-state index contributed by atoms with van der Waals surface area (Å²) in [5, 5.41) is 14.3. The summed E-state index contributed by atoms with van der Waals surface area (Å²) in [6, 6.07) is 15.7. The van der Waals surface area contributed by atoms with Gasteiger partial charge in [-0.15, -0.1) is 0 Å². The number of hydrogen-bond donors (Lipinski definition) is 1. The van der Waals surface area contributed by atoms with E-state index in [0.29, 0.717) is 18.0 Å². The van der Waals surface area contributed by atoms with Crippen LogP contribution in [0.25, 0.3) is 0 Å². The molecular formula is C17H20N2O2. The van der Waals surface area contributed by atoms with Gasteiger partial charge in [-0.2, -0.15) is 0 Å². The third kappa shape index (κ3) is 4.13. The van der Waals surface area contributed by atoms with Crippen molar-refractivity contribution in [2.75, 3.05) is 6.54 Å². The van der Waals surface area contributed by atoms with Crippen molar-refractivity contribution in [3.05, 3.63) is 75.3 Å². The van der Waals surface area contributed by atoms with Crippen molar-refractivity contribution < 1.29 is 4.92 Å². The molecule has 0 radical (unpaired) electrons. The predicted octanol–water partition coefficient (Wildman–Crippen LogP) is 3.80. The van der Waals surface area contributed by atoms with Gasteiger partial charge in [-0.05, 0) is 24.0 Å². The number of nitrogens with one attached hydrogen (secondary N) is 1. The van der Waals surface area contributed by atoms with E-state index >= 15 is 0 Å². The topological polar surface area (TPSA) is 55.2 Å². The Morgan fingerprint density at radius 3 is 2.57 bits per heavy atom. The molecule has 0 amide bonds. The molecule has 0 fully saturated rings. The molecule has 110 valence electrons. The normalized spacial score (nSPS) is 12.1. The molecular weight excluding hydrogens is 264 g/mol. The van der Waals surface area contributed by atoms with Gasteiger partial charge in [0.2, 0.25) is 0 Å². The summed E-state index contributed by atoms with van der Waals surface area (Å²) in [6.07, 6.45) is 0. The molecule has 0 aliphatic heterocycles. The fraction of sp³-hybridized carbons (Fsp3) is 0.294. The molecule has 0 bridgehead atoms. The van der Waals surface area contributed by atoms with Crippen LogP contribution in [0.3, 0.4) is 0 Å². The third-order valence-electron chi connectivity index (χ3n) is 3.62. The van der Waals surface area contributed by atoms with Crippen LogP contribution in [0.5, 0.6) is 0 Å². The van der Waals surface area contributed by atoms with Crippen molar-refractivity contribution in [1.82, 2.24) is 5.32 Å². The van der Waals surface area contributed by atoms with Gasteiger partial charge in [0, 0.05) is 24.7 Å². The van der Waals surface area contributed by atoms with Crippen molar-refractivity contribution in [3.8, 4) is 0 Å². The zero-order chi connectivity index (χ0) is 15.2. The Morgan fingerprint density at radius 2 is 1.90 bits per heavy atom. The average Bonchev–Trinajstić information content (AvgIpc) is 2.49. The van der Waals surface area contributed by atoms with E-state index in [-0.39, 0.29) is 10.6 Å². The highest BCUT2D eigenvalue weighted by Gasteiger charge is 2.11. The Kier molecular flexibility index (Phi) is 5.06. The molecule has 0 spiro atoms. The number of aryl methyl sites for hydroxylation is 1. The molecule has 0 aliphatic rings. The standard InChI is InChI=1S/C17H20N2O2/c1-13-8-9-15(10-17(13)19(20)21)12-18-11-14(2)16-6-4-3-5-7-16/h3-10,14,18H,11-12H2,1-2H3. The molecule has 0 saturated heterocycles. The number of nitro benzene ring substituents is 1. The second-order valence-corrected chi connectivity index (χ2v) is 5.32.